The lowest BCUT2D eigenvalue weighted by Gasteiger charge is -2.32. The van der Waals surface area contributed by atoms with Crippen LogP contribution in [0.25, 0.3) is 0 Å². The van der Waals surface area contributed by atoms with E-state index in [2.05, 4.69) is 10.3 Å². The first-order chi connectivity index (χ1) is 18.8. The summed E-state index contributed by atoms with van der Waals surface area (Å²) in [6.45, 7) is 4.52. The predicted molar refractivity (Wildman–Crippen MR) is 132 cm³/mol. The highest BCUT2D eigenvalue weighted by atomic mass is 19.4. The highest BCUT2D eigenvalue weighted by molar-refractivity contribution is 5.96. The number of amides is 2. The quantitative estimate of drug-likeness (QED) is 0.467. The van der Waals surface area contributed by atoms with Crippen molar-refractivity contribution >= 4 is 17.5 Å². The van der Waals surface area contributed by atoms with E-state index in [1.54, 1.807) is 0 Å². The van der Waals surface area contributed by atoms with Gasteiger partial charge in [-0.1, -0.05) is 13.0 Å². The molecule has 0 aliphatic carbocycles. The maximum atomic E-state index is 15.1. The number of aromatic nitrogens is 1. The average Bonchev–Trinajstić information content (AvgIpc) is 3.19. The average molecular weight is 573 g/mol. The lowest BCUT2D eigenvalue weighted by Crippen LogP contribution is -2.47. The Morgan fingerprint density at radius 2 is 1.90 bits per heavy atom. The van der Waals surface area contributed by atoms with Crippen LogP contribution in [0.5, 0.6) is 5.75 Å². The number of carbonyl (C=O) groups is 2. The molecular weight excluding hydrogens is 543 g/mol. The molecule has 2 amide bonds. The standard InChI is InChI=1S/C26H29F5N4O5/c1-14-19(16-4-5-17(27)20(28)21(16)39-12-9-35-7-10-38-11-8-35)22(40-25(14,2)26(29,30)31)24(37)34-15-3-6-18(23(32)36)33-13-15/h3-6,13-14,19,22H,7-12H2,1-2H3,(H2,32,36)(H,34,37)/t14-,19-,22+,25+/m0/s1. The van der Waals surface area contributed by atoms with Gasteiger partial charge in [-0.15, -0.1) is 0 Å². The van der Waals surface area contributed by atoms with Crippen LogP contribution in [0.1, 0.15) is 35.8 Å². The first-order valence-electron chi connectivity index (χ1n) is 12.6. The molecule has 0 spiro atoms. The number of anilines is 1. The van der Waals surface area contributed by atoms with E-state index in [-0.39, 0.29) is 23.6 Å². The maximum Gasteiger partial charge on any atom is 0.417 e. The molecule has 4 rings (SSSR count). The Labute approximate surface area is 226 Å². The molecule has 0 unspecified atom stereocenters. The second-order valence-corrected chi connectivity index (χ2v) is 9.83. The van der Waals surface area contributed by atoms with Crippen molar-refractivity contribution in [2.75, 3.05) is 44.8 Å². The molecule has 0 radical (unpaired) electrons. The van der Waals surface area contributed by atoms with Crippen LogP contribution < -0.4 is 15.8 Å². The van der Waals surface area contributed by atoms with Crippen molar-refractivity contribution in [3.8, 4) is 5.75 Å². The van der Waals surface area contributed by atoms with E-state index in [1.165, 1.54) is 19.1 Å². The molecule has 40 heavy (non-hydrogen) atoms. The number of carbonyl (C=O) groups excluding carboxylic acids is 2. The van der Waals surface area contributed by atoms with Crippen molar-refractivity contribution in [3.63, 3.8) is 0 Å². The van der Waals surface area contributed by atoms with Crippen LogP contribution in [0.4, 0.5) is 27.6 Å². The molecule has 2 fully saturated rings. The number of pyridine rings is 1. The highest BCUT2D eigenvalue weighted by Gasteiger charge is 2.66. The molecule has 2 aliphatic heterocycles. The maximum absolute atomic E-state index is 15.1. The summed E-state index contributed by atoms with van der Waals surface area (Å²) in [5.41, 5.74) is 2.18. The lowest BCUT2D eigenvalue weighted by molar-refractivity contribution is -0.272. The Bertz CT molecular complexity index is 1240. The van der Waals surface area contributed by atoms with Crippen LogP contribution in [0, 0.1) is 17.6 Å². The molecule has 4 atom stereocenters. The number of ether oxygens (including phenoxy) is 3. The van der Waals surface area contributed by atoms with Gasteiger partial charge < -0.3 is 25.3 Å². The van der Waals surface area contributed by atoms with Crippen molar-refractivity contribution < 1.29 is 45.8 Å². The predicted octanol–water partition coefficient (Wildman–Crippen LogP) is 3.25. The van der Waals surface area contributed by atoms with Gasteiger partial charge in [0, 0.05) is 37.0 Å². The summed E-state index contributed by atoms with van der Waals surface area (Å²) in [6, 6.07) is 4.40. The lowest BCUT2D eigenvalue weighted by atomic mass is 9.77. The topological polar surface area (TPSA) is 116 Å². The zero-order chi connectivity index (χ0) is 29.2. The van der Waals surface area contributed by atoms with Gasteiger partial charge in [0.25, 0.3) is 11.8 Å². The first-order valence-corrected chi connectivity index (χ1v) is 12.6. The Morgan fingerprint density at radius 3 is 2.50 bits per heavy atom. The van der Waals surface area contributed by atoms with E-state index in [9.17, 15) is 27.2 Å². The number of benzene rings is 1. The molecule has 218 valence electrons. The Balaban J connectivity index is 1.66. The smallest absolute Gasteiger partial charge is 0.417 e. The summed E-state index contributed by atoms with van der Waals surface area (Å²) in [5.74, 6) is -7.79. The molecule has 9 nitrogen and oxygen atoms in total. The summed E-state index contributed by atoms with van der Waals surface area (Å²) in [4.78, 5) is 30.3. The van der Waals surface area contributed by atoms with E-state index >= 15 is 4.39 Å². The van der Waals surface area contributed by atoms with E-state index in [1.807, 2.05) is 4.90 Å². The number of halogens is 5. The largest absolute Gasteiger partial charge is 0.489 e. The van der Waals surface area contributed by atoms with E-state index in [0.29, 0.717) is 32.8 Å². The van der Waals surface area contributed by atoms with Crippen LogP contribution in [0.15, 0.2) is 30.5 Å². The highest BCUT2D eigenvalue weighted by Crippen LogP contribution is 2.55. The molecule has 3 heterocycles. The molecule has 1 aromatic carbocycles. The molecular formula is C26H29F5N4O5. The van der Waals surface area contributed by atoms with Gasteiger partial charge in [0.2, 0.25) is 5.82 Å². The van der Waals surface area contributed by atoms with Gasteiger partial charge >= 0.3 is 6.18 Å². The zero-order valence-electron chi connectivity index (χ0n) is 21.8. The number of hydrogen-bond donors (Lipinski definition) is 2. The molecule has 0 bridgehead atoms. The summed E-state index contributed by atoms with van der Waals surface area (Å²) >= 11 is 0. The summed E-state index contributed by atoms with van der Waals surface area (Å²) in [7, 11) is 0. The number of nitrogens with two attached hydrogens (primary N) is 1. The van der Waals surface area contributed by atoms with Crippen molar-refractivity contribution in [3.05, 3.63) is 53.4 Å². The van der Waals surface area contributed by atoms with Crippen LogP contribution in [0.3, 0.4) is 0 Å². The number of primary amides is 1. The first kappa shape index (κ1) is 29.6. The number of rotatable bonds is 8. The Kier molecular flexibility index (Phi) is 8.61. The molecule has 3 N–H and O–H groups in total. The molecule has 2 aromatic rings. The van der Waals surface area contributed by atoms with Crippen LogP contribution >= 0.6 is 0 Å². The zero-order valence-corrected chi connectivity index (χ0v) is 21.8. The fourth-order valence-corrected chi connectivity index (χ4v) is 4.91. The van der Waals surface area contributed by atoms with Crippen LogP contribution in [-0.4, -0.2) is 79.0 Å². The van der Waals surface area contributed by atoms with E-state index in [0.717, 1.165) is 25.3 Å². The second kappa shape index (κ2) is 11.6. The third kappa shape index (κ3) is 5.88. The van der Waals surface area contributed by atoms with Crippen LogP contribution in [-0.2, 0) is 14.3 Å². The van der Waals surface area contributed by atoms with Gasteiger partial charge in [-0.3, -0.25) is 14.5 Å². The van der Waals surface area contributed by atoms with E-state index in [4.69, 9.17) is 19.9 Å². The number of hydrogen-bond acceptors (Lipinski definition) is 7. The third-order valence-corrected chi connectivity index (χ3v) is 7.41. The molecule has 14 heteroatoms. The molecule has 2 saturated heterocycles. The van der Waals surface area contributed by atoms with Gasteiger partial charge in [-0.25, -0.2) is 9.37 Å². The minimum atomic E-state index is -4.90. The minimum Gasteiger partial charge on any atom is -0.489 e. The van der Waals surface area contributed by atoms with Gasteiger partial charge in [0.1, 0.15) is 18.4 Å². The van der Waals surface area contributed by atoms with E-state index < -0.39 is 58.9 Å². The van der Waals surface area contributed by atoms with Gasteiger partial charge in [-0.2, -0.15) is 17.6 Å². The third-order valence-electron chi connectivity index (χ3n) is 7.41. The van der Waals surface area contributed by atoms with Crippen molar-refractivity contribution in [2.45, 2.75) is 37.6 Å². The van der Waals surface area contributed by atoms with Crippen molar-refractivity contribution in [2.24, 2.45) is 11.7 Å². The van der Waals surface area contributed by atoms with Crippen LogP contribution in [0.2, 0.25) is 0 Å². The number of nitrogens with zero attached hydrogens (tertiary/aromatic N) is 2. The fraction of sp³-hybridized carbons (Fsp3) is 0.500. The van der Waals surface area contributed by atoms with Gasteiger partial charge in [-0.05, 0) is 25.1 Å². The number of nitrogens with one attached hydrogen (secondary N) is 1. The van der Waals surface area contributed by atoms with Crippen molar-refractivity contribution in [1.82, 2.24) is 9.88 Å². The van der Waals surface area contributed by atoms with Gasteiger partial charge in [0.15, 0.2) is 17.2 Å². The Hall–Kier alpha value is -3.36. The summed E-state index contributed by atoms with van der Waals surface area (Å²) < 4.78 is 88.3. The second-order valence-electron chi connectivity index (χ2n) is 9.83. The summed E-state index contributed by atoms with van der Waals surface area (Å²) in [6.07, 6.45) is -5.57. The SMILES string of the molecule is C[C@H]1[C@@H](c2ccc(F)c(F)c2OCCN2CCOCC2)[C@H](C(=O)Nc2ccc(C(N)=O)nc2)O[C@@]1(C)C(F)(F)F. The molecule has 1 aromatic heterocycles. The van der Waals surface area contributed by atoms with Gasteiger partial charge in [0.05, 0.1) is 25.1 Å². The summed E-state index contributed by atoms with van der Waals surface area (Å²) in [5, 5.41) is 2.42. The molecule has 0 saturated carbocycles. The fourth-order valence-electron chi connectivity index (χ4n) is 4.91. The molecule has 2 aliphatic rings. The monoisotopic (exact) mass is 572 g/mol. The Morgan fingerprint density at radius 1 is 1.20 bits per heavy atom. The normalized spacial score (nSPS) is 25.5. The minimum absolute atomic E-state index is 0.0536. The van der Waals surface area contributed by atoms with Crippen molar-refractivity contribution in [1.29, 1.82) is 0 Å². The number of morpholine rings is 1. The number of alkyl halides is 3.